The van der Waals surface area contributed by atoms with Crippen molar-refractivity contribution in [1.82, 2.24) is 0 Å². The zero-order chi connectivity index (χ0) is 7.02. The molecule has 0 saturated heterocycles. The van der Waals surface area contributed by atoms with Crippen LogP contribution in [0.3, 0.4) is 0 Å². The van der Waals surface area contributed by atoms with Gasteiger partial charge in [-0.05, 0) is 0 Å². The van der Waals surface area contributed by atoms with Crippen molar-refractivity contribution in [2.45, 2.75) is 27.2 Å². The summed E-state index contributed by atoms with van der Waals surface area (Å²) < 4.78 is 1.60. The topological polar surface area (TPSA) is 0 Å². The fraction of sp³-hybridized carbons (Fsp3) is 0.500. The van der Waals surface area contributed by atoms with Gasteiger partial charge in [0.2, 0.25) is 0 Å². The van der Waals surface area contributed by atoms with Gasteiger partial charge in [0.1, 0.15) is 0 Å². The van der Waals surface area contributed by atoms with Crippen LogP contribution in [-0.2, 0) is 24.7 Å². The summed E-state index contributed by atoms with van der Waals surface area (Å²) in [5.74, 6) is 0. The number of hydrogen-bond acceptors (Lipinski definition) is 0. The van der Waals surface area contributed by atoms with Gasteiger partial charge in [0.25, 0.3) is 0 Å². The van der Waals surface area contributed by atoms with E-state index in [1.54, 1.807) is 44.7 Å². The fourth-order valence-corrected chi connectivity index (χ4v) is 1.89. The molecule has 0 radical (unpaired) electrons. The summed E-state index contributed by atoms with van der Waals surface area (Å²) in [5, 5.41) is 0. The Labute approximate surface area is 86.1 Å². The minimum Gasteiger partial charge on any atom is -1.00 e. The Morgan fingerprint density at radius 3 is 1.42 bits per heavy atom. The first-order chi connectivity index (χ1) is 4.13. The molecule has 0 bridgehead atoms. The monoisotopic (exact) mass is 254 g/mol. The average molecular weight is 255 g/mol. The standard InChI is InChI=1S/C8H11.3FH.Zr/c1-6-4-7(2)8(3)5-6;;;;/h4H2,1-3H3;3*1H;/q;;;;+3/p-3. The van der Waals surface area contributed by atoms with Gasteiger partial charge < -0.3 is 14.1 Å². The number of allylic oxidation sites excluding steroid dienone is 4. The summed E-state index contributed by atoms with van der Waals surface area (Å²) >= 11 is 1.58. The van der Waals surface area contributed by atoms with E-state index >= 15 is 0 Å². The fourth-order valence-electron chi connectivity index (χ4n) is 1.15. The second-order valence-corrected chi connectivity index (χ2v) is 3.97. The molecule has 12 heavy (non-hydrogen) atoms. The Bertz CT molecular complexity index is 184. The van der Waals surface area contributed by atoms with Crippen LogP contribution in [0.1, 0.15) is 27.2 Å². The third-order valence-electron chi connectivity index (χ3n) is 1.97. The van der Waals surface area contributed by atoms with Gasteiger partial charge in [0, 0.05) is 0 Å². The van der Waals surface area contributed by atoms with Crippen LogP contribution in [0.5, 0.6) is 0 Å². The minimum absolute atomic E-state index is 0. The quantitative estimate of drug-likeness (QED) is 0.404. The smallest absolute Gasteiger partial charge is 1.00 e. The molecule has 0 nitrogen and oxygen atoms in total. The molecule has 0 unspecified atom stereocenters. The van der Waals surface area contributed by atoms with Gasteiger partial charge in [-0.3, -0.25) is 0 Å². The molecule has 1 aliphatic rings. The molecule has 0 N–H and O–H groups in total. The third kappa shape index (κ3) is 3.26. The molecule has 0 amide bonds. The Kier molecular flexibility index (Phi) is 9.99. The van der Waals surface area contributed by atoms with Gasteiger partial charge in [-0.2, -0.15) is 0 Å². The summed E-state index contributed by atoms with van der Waals surface area (Å²) in [5.41, 5.74) is 4.70. The predicted molar refractivity (Wildman–Crippen MR) is 35.7 cm³/mol. The summed E-state index contributed by atoms with van der Waals surface area (Å²) in [6.07, 6.45) is 1.23. The van der Waals surface area contributed by atoms with Gasteiger partial charge in [-0.1, -0.05) is 0 Å². The van der Waals surface area contributed by atoms with Crippen LogP contribution < -0.4 is 14.1 Å². The molecular formula is C8H11F3Zr. The van der Waals surface area contributed by atoms with Crippen molar-refractivity contribution in [2.24, 2.45) is 0 Å². The molecule has 68 valence electrons. The zero-order valence-electron chi connectivity index (χ0n) is 7.34. The number of hydrogen-bond donors (Lipinski definition) is 0. The van der Waals surface area contributed by atoms with E-state index in [1.807, 2.05) is 0 Å². The molecule has 0 saturated carbocycles. The Balaban J connectivity index is -0.000000270. The number of rotatable bonds is 0. The first-order valence-corrected chi connectivity index (χ1v) is 4.44. The predicted octanol–water partition coefficient (Wildman–Crippen LogP) is -6.44. The van der Waals surface area contributed by atoms with Crippen molar-refractivity contribution in [1.29, 1.82) is 0 Å². The first kappa shape index (κ1) is 18.0. The van der Waals surface area contributed by atoms with Crippen molar-refractivity contribution in [3.63, 3.8) is 0 Å². The molecule has 0 atom stereocenters. The van der Waals surface area contributed by atoms with Crippen molar-refractivity contribution < 1.29 is 38.8 Å². The van der Waals surface area contributed by atoms with Crippen molar-refractivity contribution in [3.8, 4) is 0 Å². The Morgan fingerprint density at radius 1 is 0.917 bits per heavy atom. The van der Waals surface area contributed by atoms with Crippen LogP contribution in [0.2, 0.25) is 0 Å². The molecule has 4 heteroatoms. The maximum Gasteiger partial charge on any atom is -1.00 e. The van der Waals surface area contributed by atoms with E-state index in [0.717, 1.165) is 0 Å². The second kappa shape index (κ2) is 6.65. The van der Waals surface area contributed by atoms with E-state index in [4.69, 9.17) is 0 Å². The molecule has 0 aliphatic heterocycles. The van der Waals surface area contributed by atoms with Crippen LogP contribution in [-0.4, -0.2) is 0 Å². The summed E-state index contributed by atoms with van der Waals surface area (Å²) in [6.45, 7) is 6.70. The normalized spacial score (nSPS) is 15.1. The Morgan fingerprint density at radius 2 is 1.33 bits per heavy atom. The molecule has 0 aromatic rings. The molecule has 0 aromatic heterocycles. The summed E-state index contributed by atoms with van der Waals surface area (Å²) in [7, 11) is 0. The number of halogens is 3. The van der Waals surface area contributed by atoms with Crippen LogP contribution in [0.25, 0.3) is 0 Å². The van der Waals surface area contributed by atoms with Crippen LogP contribution >= 0.6 is 0 Å². The molecule has 0 heterocycles. The van der Waals surface area contributed by atoms with E-state index in [-0.39, 0.29) is 14.1 Å². The second-order valence-electron chi connectivity index (χ2n) is 2.74. The zero-order valence-corrected chi connectivity index (χ0v) is 9.80. The maximum absolute atomic E-state index is 2.24. The molecule has 0 aromatic carbocycles. The molecule has 1 rings (SSSR count). The third-order valence-corrected chi connectivity index (χ3v) is 3.94. The molecule has 1 aliphatic carbocycles. The van der Waals surface area contributed by atoms with Gasteiger partial charge in [0.05, 0.1) is 0 Å². The van der Waals surface area contributed by atoms with Crippen molar-refractivity contribution >= 4 is 0 Å². The van der Waals surface area contributed by atoms with Crippen LogP contribution in [0.4, 0.5) is 0 Å². The van der Waals surface area contributed by atoms with E-state index in [0.29, 0.717) is 0 Å². The Hall–Kier alpha value is 0.153. The van der Waals surface area contributed by atoms with Crippen LogP contribution in [0.15, 0.2) is 20.0 Å². The van der Waals surface area contributed by atoms with Crippen LogP contribution in [0, 0.1) is 0 Å². The maximum atomic E-state index is 2.24. The van der Waals surface area contributed by atoms with Gasteiger partial charge >= 0.3 is 71.9 Å². The largest absolute Gasteiger partial charge is 1.00 e. The summed E-state index contributed by atoms with van der Waals surface area (Å²) in [4.78, 5) is 0. The first-order valence-electron chi connectivity index (χ1n) is 3.21. The minimum atomic E-state index is 0. The van der Waals surface area contributed by atoms with Gasteiger partial charge in [-0.25, -0.2) is 0 Å². The van der Waals surface area contributed by atoms with E-state index in [9.17, 15) is 0 Å². The van der Waals surface area contributed by atoms with Crippen molar-refractivity contribution in [2.75, 3.05) is 0 Å². The SMILES string of the molecule is CC1=C(C)[C]([Zr+3])=C(C)C1.[F-].[F-].[F-]. The van der Waals surface area contributed by atoms with E-state index in [2.05, 4.69) is 20.8 Å². The molecular weight excluding hydrogens is 244 g/mol. The summed E-state index contributed by atoms with van der Waals surface area (Å²) in [6, 6.07) is 0. The van der Waals surface area contributed by atoms with Gasteiger partial charge in [-0.15, -0.1) is 0 Å². The average Bonchev–Trinajstić information content (AvgIpc) is 1.98. The van der Waals surface area contributed by atoms with E-state index in [1.165, 1.54) is 6.42 Å². The van der Waals surface area contributed by atoms with Crippen molar-refractivity contribution in [3.05, 3.63) is 20.0 Å². The van der Waals surface area contributed by atoms with Gasteiger partial charge in [0.15, 0.2) is 0 Å². The molecule has 0 fully saturated rings. The molecule has 0 spiro atoms. The van der Waals surface area contributed by atoms with E-state index < -0.39 is 0 Å².